The third kappa shape index (κ3) is 8.76. The minimum Gasteiger partial charge on any atom is -0.466 e. The van der Waals surface area contributed by atoms with E-state index in [0.717, 1.165) is 42.4 Å². The van der Waals surface area contributed by atoms with Crippen molar-refractivity contribution < 1.29 is 33.4 Å². The van der Waals surface area contributed by atoms with Crippen molar-refractivity contribution in [3.63, 3.8) is 0 Å². The van der Waals surface area contributed by atoms with Gasteiger partial charge in [-0.05, 0) is 72.2 Å². The molecule has 236 valence electrons. The van der Waals surface area contributed by atoms with Crippen LogP contribution in [0.3, 0.4) is 0 Å². The maximum Gasteiger partial charge on any atom is 0.308 e. The molecule has 1 fully saturated rings. The van der Waals surface area contributed by atoms with Crippen LogP contribution in [-0.2, 0) is 36.8 Å². The molecule has 3 aromatic carbocycles. The molecule has 1 aliphatic heterocycles. The van der Waals surface area contributed by atoms with Crippen LogP contribution in [0.1, 0.15) is 74.1 Å². The number of hydrogen-bond acceptors (Lipinski definition) is 7. The molecule has 0 saturated heterocycles. The number of halogens is 1. The summed E-state index contributed by atoms with van der Waals surface area (Å²) >= 11 is 0. The highest BCUT2D eigenvalue weighted by Gasteiger charge is 2.32. The first-order chi connectivity index (χ1) is 21.5. The number of hydrazone groups is 1. The first-order valence-electron chi connectivity index (χ1n) is 15.2. The van der Waals surface area contributed by atoms with Crippen molar-refractivity contribution in [3.8, 4) is 0 Å². The van der Waals surface area contributed by atoms with Gasteiger partial charge in [-0.3, -0.25) is 14.4 Å². The fourth-order valence-corrected chi connectivity index (χ4v) is 5.84. The van der Waals surface area contributed by atoms with E-state index in [1.807, 2.05) is 54.6 Å². The molecule has 1 saturated carbocycles. The molecule has 9 nitrogen and oxygen atoms in total. The maximum atomic E-state index is 14.5. The number of rotatable bonds is 11. The molecule has 45 heavy (non-hydrogen) atoms. The molecule has 0 aromatic heterocycles. The lowest BCUT2D eigenvalue weighted by molar-refractivity contribution is -0.194. The van der Waals surface area contributed by atoms with Gasteiger partial charge in [0.05, 0.1) is 12.5 Å². The number of aliphatic hydroxyl groups is 1. The van der Waals surface area contributed by atoms with Crippen molar-refractivity contribution in [1.82, 2.24) is 5.01 Å². The van der Waals surface area contributed by atoms with Crippen molar-refractivity contribution in [3.05, 3.63) is 101 Å². The van der Waals surface area contributed by atoms with E-state index in [2.05, 4.69) is 10.4 Å². The molecule has 0 radical (unpaired) electrons. The summed E-state index contributed by atoms with van der Waals surface area (Å²) in [6.07, 6.45) is 4.04. The zero-order valence-electron chi connectivity index (χ0n) is 25.5. The van der Waals surface area contributed by atoms with E-state index in [1.165, 1.54) is 31.0 Å². The summed E-state index contributed by atoms with van der Waals surface area (Å²) in [5.74, 6) is -3.12. The number of ether oxygens (including phenoxy) is 2. The van der Waals surface area contributed by atoms with Crippen molar-refractivity contribution in [1.29, 1.82) is 0 Å². The Morgan fingerprint density at radius 2 is 1.78 bits per heavy atom. The summed E-state index contributed by atoms with van der Waals surface area (Å²) < 4.78 is 25.0. The summed E-state index contributed by atoms with van der Waals surface area (Å²) in [6.45, 7) is 2.88. The zero-order chi connectivity index (χ0) is 32.0. The van der Waals surface area contributed by atoms with Crippen molar-refractivity contribution in [2.75, 3.05) is 11.9 Å². The lowest BCUT2D eigenvalue weighted by atomic mass is 9.83. The largest absolute Gasteiger partial charge is 0.466 e. The molecule has 0 bridgehead atoms. The van der Waals surface area contributed by atoms with Gasteiger partial charge >= 0.3 is 5.97 Å². The number of benzene rings is 3. The number of hydrogen-bond donors (Lipinski definition) is 2. The Morgan fingerprint density at radius 3 is 2.47 bits per heavy atom. The minimum atomic E-state index is -1.59. The number of anilines is 1. The smallest absolute Gasteiger partial charge is 0.308 e. The monoisotopic (exact) mass is 615 g/mol. The molecule has 1 unspecified atom stereocenters. The number of carbonyl (C=O) groups excluding carboxylic acids is 3. The Bertz CT molecular complexity index is 1550. The summed E-state index contributed by atoms with van der Waals surface area (Å²) in [7, 11) is 0. The maximum absolute atomic E-state index is 14.5. The van der Waals surface area contributed by atoms with Gasteiger partial charge in [-0.25, -0.2) is 9.40 Å². The molecular formula is C35H38FN3O6. The average molecular weight is 616 g/mol. The number of amides is 2. The fraction of sp³-hybridized carbons (Fsp3) is 0.371. The van der Waals surface area contributed by atoms with Crippen LogP contribution in [0.4, 0.5) is 10.1 Å². The lowest BCUT2D eigenvalue weighted by Gasteiger charge is -2.25. The van der Waals surface area contributed by atoms with Gasteiger partial charge in [0.25, 0.3) is 5.91 Å². The van der Waals surface area contributed by atoms with Crippen LogP contribution in [0, 0.1) is 11.7 Å². The molecule has 5 rings (SSSR count). The topological polar surface area (TPSA) is 118 Å². The summed E-state index contributed by atoms with van der Waals surface area (Å²) in [5.41, 5.74) is 3.32. The molecule has 0 spiro atoms. The molecule has 3 aromatic rings. The van der Waals surface area contributed by atoms with Crippen LogP contribution in [0.15, 0.2) is 77.9 Å². The standard InChI is InChI=1S/C35H38FN3O6/c1-35(2,43)45-31(41)17-14-24-18-28(36)20-29(19-24)37-33(42)32(25-8-6-7-9-25)26-15-12-23(13-16-26)21-39-30(40)22-44-34(38-39)27-10-4-3-5-11-27/h3-5,10-13,15-16,18-20,25,32,43H,6-9,14,17,21-22H2,1-2H3,(H,37,42). The number of carbonyl (C=O) groups is 3. The van der Waals surface area contributed by atoms with Gasteiger partial charge in [-0.15, -0.1) is 5.10 Å². The highest BCUT2D eigenvalue weighted by Crippen LogP contribution is 2.38. The van der Waals surface area contributed by atoms with Gasteiger partial charge in [0.15, 0.2) is 6.61 Å². The highest BCUT2D eigenvalue weighted by molar-refractivity contribution is 5.98. The Morgan fingerprint density at radius 1 is 1.07 bits per heavy atom. The minimum absolute atomic E-state index is 0.0488. The predicted octanol–water partition coefficient (Wildman–Crippen LogP) is 5.66. The van der Waals surface area contributed by atoms with E-state index in [4.69, 9.17) is 9.47 Å². The van der Waals surface area contributed by atoms with E-state index in [1.54, 1.807) is 6.07 Å². The Hall–Kier alpha value is -4.57. The predicted molar refractivity (Wildman–Crippen MR) is 166 cm³/mol. The van der Waals surface area contributed by atoms with Crippen LogP contribution in [0.25, 0.3) is 0 Å². The van der Waals surface area contributed by atoms with Crippen LogP contribution >= 0.6 is 0 Å². The van der Waals surface area contributed by atoms with Gasteiger partial charge in [0, 0.05) is 31.5 Å². The molecule has 1 heterocycles. The fourth-order valence-electron chi connectivity index (χ4n) is 5.84. The molecule has 2 amide bonds. The van der Waals surface area contributed by atoms with Crippen LogP contribution in [0.5, 0.6) is 0 Å². The SMILES string of the molecule is CC(C)(O)OC(=O)CCc1cc(F)cc(NC(=O)C(c2ccc(CN3N=C(c4ccccc4)OCC3=O)cc2)C2CCCC2)c1. The Labute approximate surface area is 262 Å². The van der Waals surface area contributed by atoms with Gasteiger partial charge < -0.3 is 19.9 Å². The molecule has 10 heteroatoms. The molecule has 1 atom stereocenters. The van der Waals surface area contributed by atoms with Gasteiger partial charge in [-0.1, -0.05) is 55.3 Å². The van der Waals surface area contributed by atoms with Crippen molar-refractivity contribution in [2.24, 2.45) is 11.0 Å². The van der Waals surface area contributed by atoms with E-state index >= 15 is 0 Å². The number of aryl methyl sites for hydroxylation is 1. The average Bonchev–Trinajstić information content (AvgIpc) is 3.52. The first kappa shape index (κ1) is 31.8. The summed E-state index contributed by atoms with van der Waals surface area (Å²) in [4.78, 5) is 38.3. The number of esters is 1. The van der Waals surface area contributed by atoms with Crippen LogP contribution in [0.2, 0.25) is 0 Å². The summed E-state index contributed by atoms with van der Waals surface area (Å²) in [6, 6.07) is 21.2. The normalized spacial score (nSPS) is 16.1. The molecule has 2 aliphatic rings. The Kier molecular flexibility index (Phi) is 9.93. The molecule has 2 N–H and O–H groups in total. The van der Waals surface area contributed by atoms with Crippen molar-refractivity contribution >= 4 is 29.4 Å². The second-order valence-electron chi connectivity index (χ2n) is 12.0. The lowest BCUT2D eigenvalue weighted by Crippen LogP contribution is -2.36. The quantitative estimate of drug-likeness (QED) is 0.212. The third-order valence-electron chi connectivity index (χ3n) is 7.88. The Balaban J connectivity index is 1.29. The third-order valence-corrected chi connectivity index (χ3v) is 7.88. The van der Waals surface area contributed by atoms with Crippen LogP contribution < -0.4 is 5.32 Å². The van der Waals surface area contributed by atoms with E-state index in [-0.39, 0.29) is 43.7 Å². The van der Waals surface area contributed by atoms with E-state index in [9.17, 15) is 23.9 Å². The van der Waals surface area contributed by atoms with Gasteiger partial charge in [-0.2, -0.15) is 0 Å². The van der Waals surface area contributed by atoms with E-state index < -0.39 is 23.5 Å². The second kappa shape index (κ2) is 14.0. The number of nitrogens with zero attached hydrogens (tertiary/aromatic N) is 2. The van der Waals surface area contributed by atoms with Gasteiger partial charge in [0.2, 0.25) is 17.6 Å². The van der Waals surface area contributed by atoms with Crippen LogP contribution in [-0.4, -0.2) is 46.2 Å². The molecule has 1 aliphatic carbocycles. The van der Waals surface area contributed by atoms with Crippen molar-refractivity contribution in [2.45, 2.75) is 70.6 Å². The van der Waals surface area contributed by atoms with Gasteiger partial charge in [0.1, 0.15) is 5.82 Å². The molecular weight excluding hydrogens is 577 g/mol. The highest BCUT2D eigenvalue weighted by atomic mass is 19.1. The summed E-state index contributed by atoms with van der Waals surface area (Å²) in [5, 5.41) is 18.4. The zero-order valence-corrected chi connectivity index (χ0v) is 25.5. The first-order valence-corrected chi connectivity index (χ1v) is 15.2. The number of nitrogens with one attached hydrogen (secondary N) is 1. The van der Waals surface area contributed by atoms with E-state index in [0.29, 0.717) is 17.1 Å². The second-order valence-corrected chi connectivity index (χ2v) is 12.0.